The monoisotopic (exact) mass is 493 g/mol. The molecule has 1 atom stereocenters. The van der Waals surface area contributed by atoms with Crippen molar-refractivity contribution in [1.29, 1.82) is 0 Å². The van der Waals surface area contributed by atoms with Gasteiger partial charge in [-0.25, -0.2) is 13.8 Å². The molecule has 0 bridgehead atoms. The van der Waals surface area contributed by atoms with Crippen LogP contribution >= 0.6 is 11.8 Å². The average Bonchev–Trinajstić information content (AvgIpc) is 3.00. The minimum atomic E-state index is -0.941. The van der Waals surface area contributed by atoms with Crippen molar-refractivity contribution in [2.75, 3.05) is 5.75 Å². The number of rotatable bonds is 7. The van der Waals surface area contributed by atoms with Crippen LogP contribution in [0.2, 0.25) is 0 Å². The summed E-state index contributed by atoms with van der Waals surface area (Å²) in [4.78, 5) is 20.2. The minimum Gasteiger partial charge on any atom is -0.487 e. The van der Waals surface area contributed by atoms with E-state index in [1.165, 1.54) is 0 Å². The van der Waals surface area contributed by atoms with Crippen LogP contribution < -0.4 is 15.2 Å². The van der Waals surface area contributed by atoms with Crippen molar-refractivity contribution in [2.24, 2.45) is 5.73 Å². The highest BCUT2D eigenvalue weighted by Crippen LogP contribution is 2.45. The predicted octanol–water partition coefficient (Wildman–Crippen LogP) is 5.08. The summed E-state index contributed by atoms with van der Waals surface area (Å²) >= 11 is 1.60. The smallest absolute Gasteiger partial charge is 0.218 e. The van der Waals surface area contributed by atoms with Gasteiger partial charge in [0.2, 0.25) is 5.91 Å². The molecule has 0 spiro atoms. The summed E-state index contributed by atoms with van der Waals surface area (Å²) in [6.07, 6.45) is 2.00. The second-order valence-corrected chi connectivity index (χ2v) is 9.26. The first-order valence-electron chi connectivity index (χ1n) is 11.0. The maximum Gasteiger partial charge on any atom is 0.218 e. The Kier molecular flexibility index (Phi) is 6.50. The van der Waals surface area contributed by atoms with Gasteiger partial charge in [0.05, 0.1) is 22.2 Å². The Bertz CT molecular complexity index is 1420. The van der Waals surface area contributed by atoms with Gasteiger partial charge in [-0.2, -0.15) is 0 Å². The van der Waals surface area contributed by atoms with Crippen LogP contribution in [0.4, 0.5) is 8.78 Å². The largest absolute Gasteiger partial charge is 0.487 e. The number of amides is 1. The summed E-state index contributed by atoms with van der Waals surface area (Å²) in [6.45, 7) is 0.487. The van der Waals surface area contributed by atoms with Crippen molar-refractivity contribution in [1.82, 2.24) is 9.97 Å². The number of carbonyl (C=O) groups is 1. The summed E-state index contributed by atoms with van der Waals surface area (Å²) in [7, 11) is 0. The lowest BCUT2D eigenvalue weighted by Gasteiger charge is -2.19. The number of hydrogen-bond donors (Lipinski definition) is 1. The number of hydrogen-bond acceptors (Lipinski definition) is 6. The molecule has 1 unspecified atom stereocenters. The highest BCUT2D eigenvalue weighted by Gasteiger charge is 2.26. The maximum absolute atomic E-state index is 13.6. The van der Waals surface area contributed by atoms with E-state index in [1.807, 2.05) is 30.3 Å². The molecule has 6 nitrogen and oxygen atoms in total. The predicted molar refractivity (Wildman–Crippen MR) is 129 cm³/mol. The fraction of sp³-hybridized carbons (Fsp3) is 0.192. The lowest BCUT2D eigenvalue weighted by atomic mass is 10.0. The molecule has 0 saturated heterocycles. The zero-order chi connectivity index (χ0) is 24.4. The molecule has 2 aromatic carbocycles. The molecule has 9 heteroatoms. The number of thioether (sulfide) groups is 1. The third kappa shape index (κ3) is 5.05. The lowest BCUT2D eigenvalue weighted by molar-refractivity contribution is -0.117. The second kappa shape index (κ2) is 9.87. The molecule has 0 aliphatic carbocycles. The van der Waals surface area contributed by atoms with Crippen LogP contribution in [0.15, 0.2) is 60.8 Å². The summed E-state index contributed by atoms with van der Waals surface area (Å²) in [5, 5.41) is 0.397. The number of pyridine rings is 2. The summed E-state index contributed by atoms with van der Waals surface area (Å²) < 4.78 is 39.1. The molecule has 0 radical (unpaired) electrons. The van der Waals surface area contributed by atoms with E-state index in [1.54, 1.807) is 30.1 Å². The maximum atomic E-state index is 13.6. The van der Waals surface area contributed by atoms with Crippen molar-refractivity contribution in [3.8, 4) is 11.5 Å². The van der Waals surface area contributed by atoms with Gasteiger partial charge in [0, 0.05) is 35.4 Å². The van der Waals surface area contributed by atoms with E-state index in [0.29, 0.717) is 40.5 Å². The van der Waals surface area contributed by atoms with Crippen LogP contribution in [0, 0.1) is 11.6 Å². The number of nitrogens with two attached hydrogens (primary N) is 1. The number of benzene rings is 2. The molecular formula is C26H21F2N3O3S. The summed E-state index contributed by atoms with van der Waals surface area (Å²) in [5.74, 6) is -0.326. The fourth-order valence-electron chi connectivity index (χ4n) is 3.93. The van der Waals surface area contributed by atoms with Crippen LogP contribution in [0.3, 0.4) is 0 Å². The number of fused-ring (bicyclic) bond motifs is 3. The van der Waals surface area contributed by atoms with Crippen LogP contribution in [0.1, 0.15) is 34.2 Å². The van der Waals surface area contributed by atoms with Gasteiger partial charge < -0.3 is 15.2 Å². The third-order valence-corrected chi connectivity index (χ3v) is 6.93. The quantitative estimate of drug-likeness (QED) is 0.387. The Morgan fingerprint density at radius 3 is 2.83 bits per heavy atom. The molecule has 2 aromatic heterocycles. The van der Waals surface area contributed by atoms with Crippen LogP contribution in [-0.4, -0.2) is 21.6 Å². The highest BCUT2D eigenvalue weighted by atomic mass is 32.2. The Labute approximate surface area is 204 Å². The molecule has 0 saturated carbocycles. The number of nitrogens with zero attached hydrogens (tertiary/aromatic N) is 2. The summed E-state index contributed by atoms with van der Waals surface area (Å²) in [6, 6.07) is 15.1. The number of ether oxygens (including phenoxy) is 2. The first-order valence-corrected chi connectivity index (χ1v) is 12.0. The first kappa shape index (κ1) is 23.0. The molecule has 178 valence electrons. The standard InChI is InChI=1S/C26H21F2N3O3S/c27-20-10-15-3-4-16(31-22(15)12-21(20)28)13-33-17-5-6-24-19(11-17)26(35-9-7-25(29)32)18-2-1-8-30-23(18)14-34-24/h1-6,8,10-12,26H,7,9,13-14H2,(H2,29,32). The van der Waals surface area contributed by atoms with Crippen LogP contribution in [-0.2, 0) is 18.0 Å². The molecule has 4 aromatic rings. The topological polar surface area (TPSA) is 87.3 Å². The molecular weight excluding hydrogens is 472 g/mol. The molecule has 1 aliphatic rings. The van der Waals surface area contributed by atoms with Crippen molar-refractivity contribution in [3.05, 3.63) is 94.9 Å². The number of aromatic nitrogens is 2. The van der Waals surface area contributed by atoms with Crippen molar-refractivity contribution >= 4 is 28.6 Å². The van der Waals surface area contributed by atoms with Gasteiger partial charge in [0.15, 0.2) is 11.6 Å². The lowest BCUT2D eigenvalue weighted by Crippen LogP contribution is -2.12. The van der Waals surface area contributed by atoms with E-state index in [4.69, 9.17) is 15.2 Å². The minimum absolute atomic E-state index is 0.115. The Morgan fingerprint density at radius 1 is 1.11 bits per heavy atom. The zero-order valence-electron chi connectivity index (χ0n) is 18.5. The van der Waals surface area contributed by atoms with Gasteiger partial charge in [-0.3, -0.25) is 9.78 Å². The van der Waals surface area contributed by atoms with E-state index in [9.17, 15) is 13.6 Å². The van der Waals surface area contributed by atoms with Gasteiger partial charge in [0.25, 0.3) is 0 Å². The Hall–Kier alpha value is -3.72. The normalized spacial score (nSPS) is 14.5. The second-order valence-electron chi connectivity index (χ2n) is 8.05. The number of halogens is 2. The van der Waals surface area contributed by atoms with Gasteiger partial charge in [-0.05, 0) is 42.0 Å². The highest BCUT2D eigenvalue weighted by molar-refractivity contribution is 7.99. The molecule has 3 heterocycles. The average molecular weight is 494 g/mol. The van der Waals surface area contributed by atoms with E-state index in [0.717, 1.165) is 29.0 Å². The van der Waals surface area contributed by atoms with E-state index < -0.39 is 11.6 Å². The van der Waals surface area contributed by atoms with Crippen LogP contribution in [0.5, 0.6) is 11.5 Å². The summed E-state index contributed by atoms with van der Waals surface area (Å²) in [5.41, 5.74) is 9.05. The molecule has 1 aliphatic heterocycles. The van der Waals surface area contributed by atoms with E-state index in [-0.39, 0.29) is 24.2 Å². The fourth-order valence-corrected chi connectivity index (χ4v) is 5.24. The van der Waals surface area contributed by atoms with Gasteiger partial charge in [-0.1, -0.05) is 12.1 Å². The van der Waals surface area contributed by atoms with Crippen molar-refractivity contribution in [3.63, 3.8) is 0 Å². The SMILES string of the molecule is NC(=O)CCSC1c2cc(OCc3ccc4cc(F)c(F)cc4n3)ccc2OCc2ncccc21. The molecule has 5 rings (SSSR count). The number of carbonyl (C=O) groups excluding carboxylic acids is 1. The van der Waals surface area contributed by atoms with Gasteiger partial charge >= 0.3 is 0 Å². The van der Waals surface area contributed by atoms with E-state index in [2.05, 4.69) is 9.97 Å². The van der Waals surface area contributed by atoms with Crippen molar-refractivity contribution < 1.29 is 23.0 Å². The molecule has 0 fully saturated rings. The molecule has 1 amide bonds. The van der Waals surface area contributed by atoms with Crippen molar-refractivity contribution in [2.45, 2.75) is 24.9 Å². The Morgan fingerprint density at radius 2 is 1.97 bits per heavy atom. The zero-order valence-corrected chi connectivity index (χ0v) is 19.4. The third-order valence-electron chi connectivity index (χ3n) is 5.64. The van der Waals surface area contributed by atoms with Gasteiger partial charge in [-0.15, -0.1) is 11.8 Å². The van der Waals surface area contributed by atoms with E-state index >= 15 is 0 Å². The van der Waals surface area contributed by atoms with Gasteiger partial charge in [0.1, 0.15) is 24.7 Å². The number of primary amides is 1. The molecule has 35 heavy (non-hydrogen) atoms. The first-order chi connectivity index (χ1) is 17.0. The van der Waals surface area contributed by atoms with Crippen LogP contribution in [0.25, 0.3) is 10.9 Å². The Balaban J connectivity index is 1.40. The molecule has 2 N–H and O–H groups in total.